The Balaban J connectivity index is 1.62. The minimum atomic E-state index is -1.84. The summed E-state index contributed by atoms with van der Waals surface area (Å²) in [6.45, 7) is 1.51. The minimum absolute atomic E-state index is 0.00140. The van der Waals surface area contributed by atoms with E-state index in [0.29, 0.717) is 5.56 Å². The number of nitrogens with zero attached hydrogens (tertiary/aromatic N) is 6. The van der Waals surface area contributed by atoms with Crippen LogP contribution in [0.1, 0.15) is 29.7 Å². The molecule has 0 amide bonds. The van der Waals surface area contributed by atoms with Crippen LogP contribution in [0.4, 0.5) is 14.5 Å². The van der Waals surface area contributed by atoms with Crippen molar-refractivity contribution in [3.05, 3.63) is 106 Å². The molecule has 0 aliphatic carbocycles. The highest BCUT2D eigenvalue weighted by molar-refractivity contribution is 5.69. The van der Waals surface area contributed by atoms with E-state index in [-0.39, 0.29) is 17.8 Å². The van der Waals surface area contributed by atoms with Gasteiger partial charge in [0.1, 0.15) is 29.9 Å². The van der Waals surface area contributed by atoms with Crippen LogP contribution in [0.25, 0.3) is 12.2 Å². The molecule has 4 aromatic rings. The van der Waals surface area contributed by atoms with E-state index >= 15 is 0 Å². The first-order valence-corrected chi connectivity index (χ1v) is 10.2. The molecular weight excluding hydrogens is 446 g/mol. The van der Waals surface area contributed by atoms with Crippen LogP contribution in [0.2, 0.25) is 0 Å². The fraction of sp³-hybridized carbons (Fsp3) is 0.174. The molecule has 2 aromatic carbocycles. The Morgan fingerprint density at radius 1 is 1.15 bits per heavy atom. The summed E-state index contributed by atoms with van der Waals surface area (Å²) in [4.78, 5) is 14.2. The maximum absolute atomic E-state index is 14.7. The molecule has 4 rings (SSSR count). The second-order valence-corrected chi connectivity index (χ2v) is 7.75. The van der Waals surface area contributed by atoms with Crippen molar-refractivity contribution in [2.75, 3.05) is 0 Å². The van der Waals surface area contributed by atoms with Crippen LogP contribution < -0.4 is 0 Å². The second kappa shape index (κ2) is 9.32. The standard InChI is InChI=1S/C23H20F2N6O3/c1-16(23(32,13-29-15-26-14-28-29)21-9-6-19(24)10-22(21)25)30-12-18(11-27-30)3-2-17-4-7-20(8-5-17)31(33)34/h2-12,14-16,32H,13H2,1H3/b3-2+/t16-,23-/m1/s1. The molecule has 11 heteroatoms. The van der Waals surface area contributed by atoms with E-state index in [4.69, 9.17) is 0 Å². The smallest absolute Gasteiger partial charge is 0.269 e. The number of hydrogen-bond donors (Lipinski definition) is 1. The van der Waals surface area contributed by atoms with Crippen molar-refractivity contribution < 1.29 is 18.8 Å². The van der Waals surface area contributed by atoms with Crippen LogP contribution in [-0.2, 0) is 12.1 Å². The highest BCUT2D eigenvalue weighted by Crippen LogP contribution is 2.36. The molecule has 9 nitrogen and oxygen atoms in total. The van der Waals surface area contributed by atoms with Gasteiger partial charge in [0.15, 0.2) is 0 Å². The molecule has 0 fully saturated rings. The van der Waals surface area contributed by atoms with E-state index in [1.807, 2.05) is 0 Å². The molecule has 0 unspecified atom stereocenters. The number of aliphatic hydroxyl groups is 1. The number of hydrogen-bond acceptors (Lipinski definition) is 6. The van der Waals surface area contributed by atoms with Gasteiger partial charge in [0.05, 0.1) is 23.7 Å². The summed E-state index contributed by atoms with van der Waals surface area (Å²) in [6, 6.07) is 8.29. The number of non-ortho nitro benzene ring substituents is 1. The van der Waals surface area contributed by atoms with Gasteiger partial charge in [0.25, 0.3) is 5.69 Å². The summed E-state index contributed by atoms with van der Waals surface area (Å²) in [7, 11) is 0. The molecule has 2 aromatic heterocycles. The van der Waals surface area contributed by atoms with Crippen molar-refractivity contribution in [2.45, 2.75) is 25.1 Å². The lowest BCUT2D eigenvalue weighted by Crippen LogP contribution is -2.40. The Hall–Kier alpha value is -4.25. The van der Waals surface area contributed by atoms with Gasteiger partial charge < -0.3 is 5.11 Å². The molecule has 2 atom stereocenters. The number of halogens is 2. The van der Waals surface area contributed by atoms with Crippen molar-refractivity contribution in [1.29, 1.82) is 0 Å². The van der Waals surface area contributed by atoms with Gasteiger partial charge in [-0.05, 0) is 30.7 Å². The fourth-order valence-corrected chi connectivity index (χ4v) is 3.61. The first kappa shape index (κ1) is 22.9. The lowest BCUT2D eigenvalue weighted by atomic mass is 9.86. The van der Waals surface area contributed by atoms with Crippen LogP contribution >= 0.6 is 0 Å². The molecule has 0 saturated heterocycles. The lowest BCUT2D eigenvalue weighted by Gasteiger charge is -2.34. The predicted octanol–water partition coefficient (Wildman–Crippen LogP) is 3.98. The predicted molar refractivity (Wildman–Crippen MR) is 119 cm³/mol. The molecule has 34 heavy (non-hydrogen) atoms. The van der Waals surface area contributed by atoms with E-state index in [9.17, 15) is 24.0 Å². The van der Waals surface area contributed by atoms with Gasteiger partial charge >= 0.3 is 0 Å². The third-order valence-electron chi connectivity index (χ3n) is 5.55. The maximum Gasteiger partial charge on any atom is 0.269 e. The average molecular weight is 466 g/mol. The summed E-state index contributed by atoms with van der Waals surface area (Å²) in [5.41, 5.74) is -0.499. The molecule has 0 aliphatic rings. The van der Waals surface area contributed by atoms with Crippen molar-refractivity contribution in [1.82, 2.24) is 24.5 Å². The van der Waals surface area contributed by atoms with Crippen molar-refractivity contribution in [3.8, 4) is 0 Å². The van der Waals surface area contributed by atoms with Gasteiger partial charge in [-0.1, -0.05) is 18.2 Å². The van der Waals surface area contributed by atoms with Gasteiger partial charge in [0, 0.05) is 35.5 Å². The Kier molecular flexibility index (Phi) is 6.28. The number of benzene rings is 2. The SMILES string of the molecule is C[C@@H](n1cc(/C=C/c2ccc([N+](=O)[O-])cc2)cn1)[C@](O)(Cn1cncn1)c1ccc(F)cc1F. The number of aromatic nitrogens is 5. The zero-order valence-electron chi connectivity index (χ0n) is 18.0. The second-order valence-electron chi connectivity index (χ2n) is 7.75. The van der Waals surface area contributed by atoms with Crippen LogP contribution in [0.15, 0.2) is 67.5 Å². The molecule has 0 aliphatic heterocycles. The number of nitro groups is 1. The Labute approximate surface area is 192 Å². The molecule has 0 radical (unpaired) electrons. The topological polar surface area (TPSA) is 112 Å². The Morgan fingerprint density at radius 2 is 1.88 bits per heavy atom. The van der Waals surface area contributed by atoms with Crippen LogP contribution in [0, 0.1) is 21.7 Å². The van der Waals surface area contributed by atoms with Crippen LogP contribution in [0.5, 0.6) is 0 Å². The van der Waals surface area contributed by atoms with Crippen molar-refractivity contribution in [3.63, 3.8) is 0 Å². The summed E-state index contributed by atoms with van der Waals surface area (Å²) >= 11 is 0. The first-order valence-electron chi connectivity index (χ1n) is 10.2. The lowest BCUT2D eigenvalue weighted by molar-refractivity contribution is -0.384. The highest BCUT2D eigenvalue weighted by Gasteiger charge is 2.40. The molecule has 1 N–H and O–H groups in total. The number of rotatable bonds is 8. The van der Waals surface area contributed by atoms with Gasteiger partial charge in [-0.15, -0.1) is 0 Å². The zero-order chi connectivity index (χ0) is 24.3. The van der Waals surface area contributed by atoms with E-state index in [1.54, 1.807) is 43.6 Å². The average Bonchev–Trinajstić information content (AvgIpc) is 3.49. The molecule has 0 bridgehead atoms. The Morgan fingerprint density at radius 3 is 2.53 bits per heavy atom. The molecule has 174 valence electrons. The summed E-state index contributed by atoms with van der Waals surface area (Å²) < 4.78 is 31.1. The van der Waals surface area contributed by atoms with Crippen molar-refractivity contribution >= 4 is 17.8 Å². The third kappa shape index (κ3) is 4.74. The van der Waals surface area contributed by atoms with Gasteiger partial charge in [0.2, 0.25) is 0 Å². The van der Waals surface area contributed by atoms with Crippen LogP contribution in [0.3, 0.4) is 0 Å². The van der Waals surface area contributed by atoms with Crippen LogP contribution in [-0.4, -0.2) is 34.6 Å². The number of nitro benzene ring substituents is 1. The zero-order valence-corrected chi connectivity index (χ0v) is 18.0. The molecular formula is C23H20F2N6O3. The highest BCUT2D eigenvalue weighted by atomic mass is 19.1. The summed E-state index contributed by atoms with van der Waals surface area (Å²) in [5, 5.41) is 30.7. The molecule has 0 spiro atoms. The van der Waals surface area contributed by atoms with Gasteiger partial charge in [-0.2, -0.15) is 10.2 Å². The van der Waals surface area contributed by atoms with Crippen molar-refractivity contribution in [2.24, 2.45) is 0 Å². The Bertz CT molecular complexity index is 1320. The molecule has 0 saturated carbocycles. The normalized spacial score (nSPS) is 14.2. The first-order chi connectivity index (χ1) is 16.3. The van der Waals surface area contributed by atoms with E-state index in [0.717, 1.165) is 17.7 Å². The van der Waals surface area contributed by atoms with E-state index in [1.165, 1.54) is 40.2 Å². The summed E-state index contributed by atoms with van der Waals surface area (Å²) in [5.74, 6) is -1.64. The van der Waals surface area contributed by atoms with E-state index < -0.39 is 28.2 Å². The summed E-state index contributed by atoms with van der Waals surface area (Å²) in [6.07, 6.45) is 9.43. The molecule has 2 heterocycles. The quantitative estimate of drug-likeness (QED) is 0.311. The monoisotopic (exact) mass is 466 g/mol. The third-order valence-corrected chi connectivity index (χ3v) is 5.55. The minimum Gasteiger partial charge on any atom is -0.381 e. The maximum atomic E-state index is 14.7. The fourth-order valence-electron chi connectivity index (χ4n) is 3.61. The van der Waals surface area contributed by atoms with Gasteiger partial charge in [-0.25, -0.2) is 18.4 Å². The van der Waals surface area contributed by atoms with E-state index in [2.05, 4.69) is 15.2 Å². The largest absolute Gasteiger partial charge is 0.381 e. The van der Waals surface area contributed by atoms with Gasteiger partial charge in [-0.3, -0.25) is 14.8 Å².